The van der Waals surface area contributed by atoms with Crippen LogP contribution < -0.4 is 11.3 Å². The highest BCUT2D eigenvalue weighted by atomic mass is 79.9. The molecule has 0 aliphatic heterocycles. The van der Waals surface area contributed by atoms with Crippen molar-refractivity contribution in [1.29, 1.82) is 0 Å². The molecule has 1 rings (SSSR count). The molecule has 16 heavy (non-hydrogen) atoms. The van der Waals surface area contributed by atoms with E-state index in [1.165, 1.54) is 6.07 Å². The topological polar surface area (TPSA) is 47.3 Å². The van der Waals surface area contributed by atoms with E-state index in [4.69, 9.17) is 10.6 Å². The number of benzene rings is 1. The average Bonchev–Trinajstić information content (AvgIpc) is 2.24. The second-order valence-corrected chi connectivity index (χ2v) is 4.54. The third-order valence-electron chi connectivity index (χ3n) is 2.15. The Morgan fingerprint density at radius 1 is 1.50 bits per heavy atom. The summed E-state index contributed by atoms with van der Waals surface area (Å²) in [5.41, 5.74) is 3.37. The molecule has 0 bridgehead atoms. The molecule has 3 N–H and O–H groups in total. The standard InChI is InChI=1S/C11H16BrFN2O/c1-7(2)16-6-10(15-14)8-4-3-5-9(13)11(8)12/h3-5,7,10,15H,6,14H2,1-2H3. The van der Waals surface area contributed by atoms with Crippen molar-refractivity contribution in [3.8, 4) is 0 Å². The fraction of sp³-hybridized carbons (Fsp3) is 0.455. The summed E-state index contributed by atoms with van der Waals surface area (Å²) in [4.78, 5) is 0. The van der Waals surface area contributed by atoms with Crippen LogP contribution in [0.5, 0.6) is 0 Å². The van der Waals surface area contributed by atoms with E-state index < -0.39 is 0 Å². The van der Waals surface area contributed by atoms with Gasteiger partial charge in [0.1, 0.15) is 5.82 Å². The Hall–Kier alpha value is -0.490. The van der Waals surface area contributed by atoms with E-state index in [-0.39, 0.29) is 18.0 Å². The smallest absolute Gasteiger partial charge is 0.137 e. The molecule has 0 radical (unpaired) electrons. The minimum atomic E-state index is -0.303. The summed E-state index contributed by atoms with van der Waals surface area (Å²) in [6, 6.07) is 4.62. The fourth-order valence-corrected chi connectivity index (χ4v) is 1.85. The van der Waals surface area contributed by atoms with Crippen LogP contribution in [-0.4, -0.2) is 12.7 Å². The Morgan fingerprint density at radius 2 is 2.19 bits per heavy atom. The first-order valence-corrected chi connectivity index (χ1v) is 5.87. The molecule has 0 fully saturated rings. The van der Waals surface area contributed by atoms with Crippen molar-refractivity contribution in [3.05, 3.63) is 34.1 Å². The van der Waals surface area contributed by atoms with E-state index >= 15 is 0 Å². The van der Waals surface area contributed by atoms with Crippen LogP contribution in [0.1, 0.15) is 25.5 Å². The van der Waals surface area contributed by atoms with Crippen molar-refractivity contribution >= 4 is 15.9 Å². The predicted octanol–water partition coefficient (Wildman–Crippen LogP) is 2.52. The summed E-state index contributed by atoms with van der Waals surface area (Å²) in [6.45, 7) is 4.28. The average molecular weight is 291 g/mol. The summed E-state index contributed by atoms with van der Waals surface area (Å²) in [5, 5.41) is 0. The molecule has 0 saturated carbocycles. The van der Waals surface area contributed by atoms with Gasteiger partial charge in [0.05, 0.1) is 23.2 Å². The normalized spacial score (nSPS) is 13.1. The van der Waals surface area contributed by atoms with Crippen LogP contribution in [0.3, 0.4) is 0 Å². The quantitative estimate of drug-likeness (QED) is 0.647. The molecule has 0 aromatic heterocycles. The second kappa shape index (κ2) is 6.30. The molecule has 0 amide bonds. The van der Waals surface area contributed by atoms with Gasteiger partial charge in [-0.2, -0.15) is 0 Å². The lowest BCUT2D eigenvalue weighted by Gasteiger charge is -2.19. The zero-order chi connectivity index (χ0) is 12.1. The van der Waals surface area contributed by atoms with E-state index in [9.17, 15) is 4.39 Å². The lowest BCUT2D eigenvalue weighted by atomic mass is 10.1. The largest absolute Gasteiger partial charge is 0.377 e. The number of halogens is 2. The molecule has 0 heterocycles. The van der Waals surface area contributed by atoms with Gasteiger partial charge in [0, 0.05) is 0 Å². The first kappa shape index (κ1) is 13.6. The van der Waals surface area contributed by atoms with Gasteiger partial charge >= 0.3 is 0 Å². The van der Waals surface area contributed by atoms with Gasteiger partial charge < -0.3 is 4.74 Å². The van der Waals surface area contributed by atoms with E-state index in [1.807, 2.05) is 13.8 Å². The van der Waals surface area contributed by atoms with Crippen LogP contribution in [-0.2, 0) is 4.74 Å². The summed E-state index contributed by atoms with van der Waals surface area (Å²) in [6.07, 6.45) is 0.114. The maximum Gasteiger partial charge on any atom is 0.137 e. The molecule has 90 valence electrons. The van der Waals surface area contributed by atoms with Gasteiger partial charge in [0.2, 0.25) is 0 Å². The lowest BCUT2D eigenvalue weighted by Crippen LogP contribution is -2.32. The molecule has 1 aromatic carbocycles. The number of nitrogens with two attached hydrogens (primary N) is 1. The maximum absolute atomic E-state index is 13.3. The molecule has 1 aromatic rings. The highest BCUT2D eigenvalue weighted by Crippen LogP contribution is 2.26. The summed E-state index contributed by atoms with van der Waals surface area (Å²) in [7, 11) is 0. The second-order valence-electron chi connectivity index (χ2n) is 3.74. The third kappa shape index (κ3) is 3.52. The maximum atomic E-state index is 13.3. The molecule has 0 spiro atoms. The molecule has 0 aliphatic carbocycles. The predicted molar refractivity (Wildman–Crippen MR) is 65.3 cm³/mol. The van der Waals surface area contributed by atoms with Crippen LogP contribution in [0.25, 0.3) is 0 Å². The van der Waals surface area contributed by atoms with Gasteiger partial charge in [-0.1, -0.05) is 12.1 Å². The fourth-order valence-electron chi connectivity index (χ4n) is 1.31. The number of hydrogen-bond donors (Lipinski definition) is 2. The Morgan fingerprint density at radius 3 is 2.75 bits per heavy atom. The molecule has 0 aliphatic rings. The number of hydrogen-bond acceptors (Lipinski definition) is 3. The summed E-state index contributed by atoms with van der Waals surface area (Å²) in [5.74, 6) is 5.13. The minimum Gasteiger partial charge on any atom is -0.377 e. The van der Waals surface area contributed by atoms with Crippen molar-refractivity contribution in [3.63, 3.8) is 0 Å². The zero-order valence-electron chi connectivity index (χ0n) is 9.34. The Kier molecular flexibility index (Phi) is 5.34. The molecule has 0 saturated heterocycles. The van der Waals surface area contributed by atoms with Gasteiger partial charge in [0.15, 0.2) is 0 Å². The van der Waals surface area contributed by atoms with Crippen LogP contribution in [0.2, 0.25) is 0 Å². The molecular weight excluding hydrogens is 275 g/mol. The van der Waals surface area contributed by atoms with Crippen LogP contribution in [0.4, 0.5) is 4.39 Å². The monoisotopic (exact) mass is 290 g/mol. The van der Waals surface area contributed by atoms with Crippen molar-refractivity contribution in [2.75, 3.05) is 6.61 Å². The summed E-state index contributed by atoms with van der Waals surface area (Å²) < 4.78 is 19.2. The van der Waals surface area contributed by atoms with E-state index in [0.717, 1.165) is 5.56 Å². The molecule has 3 nitrogen and oxygen atoms in total. The van der Waals surface area contributed by atoms with Gasteiger partial charge in [-0.15, -0.1) is 0 Å². The van der Waals surface area contributed by atoms with Crippen LogP contribution in [0, 0.1) is 5.82 Å². The number of ether oxygens (including phenoxy) is 1. The van der Waals surface area contributed by atoms with Crippen LogP contribution in [0.15, 0.2) is 22.7 Å². The van der Waals surface area contributed by atoms with Crippen LogP contribution >= 0.6 is 15.9 Å². The lowest BCUT2D eigenvalue weighted by molar-refractivity contribution is 0.0609. The highest BCUT2D eigenvalue weighted by Gasteiger charge is 2.15. The Bertz CT molecular complexity index is 347. The van der Waals surface area contributed by atoms with Gasteiger partial charge in [-0.05, 0) is 41.4 Å². The van der Waals surface area contributed by atoms with Crippen molar-refractivity contribution in [2.24, 2.45) is 5.84 Å². The van der Waals surface area contributed by atoms with Crippen molar-refractivity contribution in [1.82, 2.24) is 5.43 Å². The van der Waals surface area contributed by atoms with E-state index in [2.05, 4.69) is 21.4 Å². The molecule has 1 unspecified atom stereocenters. The first-order valence-electron chi connectivity index (χ1n) is 5.08. The highest BCUT2D eigenvalue weighted by molar-refractivity contribution is 9.10. The van der Waals surface area contributed by atoms with Gasteiger partial charge in [-0.25, -0.2) is 4.39 Å². The number of nitrogens with one attached hydrogen (secondary N) is 1. The summed E-state index contributed by atoms with van der Waals surface area (Å²) >= 11 is 3.20. The minimum absolute atomic E-state index is 0.114. The first-order chi connectivity index (χ1) is 7.56. The van der Waals surface area contributed by atoms with E-state index in [0.29, 0.717) is 11.1 Å². The third-order valence-corrected chi connectivity index (χ3v) is 2.99. The van der Waals surface area contributed by atoms with Crippen molar-refractivity contribution in [2.45, 2.75) is 26.0 Å². The molecule has 5 heteroatoms. The molecular formula is C11H16BrFN2O. The SMILES string of the molecule is CC(C)OCC(NN)c1cccc(F)c1Br. The Labute approximate surface area is 103 Å². The number of hydrazine groups is 1. The van der Waals surface area contributed by atoms with Gasteiger partial charge in [0.25, 0.3) is 0 Å². The number of rotatable bonds is 5. The Balaban J connectivity index is 2.82. The van der Waals surface area contributed by atoms with Crippen molar-refractivity contribution < 1.29 is 9.13 Å². The molecule has 1 atom stereocenters. The van der Waals surface area contributed by atoms with Gasteiger partial charge in [-0.3, -0.25) is 11.3 Å². The van der Waals surface area contributed by atoms with E-state index in [1.54, 1.807) is 12.1 Å². The zero-order valence-corrected chi connectivity index (χ0v) is 10.9.